The molecule has 1 heterocycles. The number of aromatic nitrogens is 3. The Morgan fingerprint density at radius 3 is 2.42 bits per heavy atom. The van der Waals surface area contributed by atoms with Gasteiger partial charge >= 0.3 is 0 Å². The Balaban J connectivity index is 1.56. The molecule has 0 atom stereocenters. The molecule has 1 fully saturated rings. The molecular formula is C21H31N5O3S2. The first-order valence-corrected chi connectivity index (χ1v) is 12.9. The van der Waals surface area contributed by atoms with Gasteiger partial charge in [0.15, 0.2) is 0 Å². The predicted molar refractivity (Wildman–Crippen MR) is 123 cm³/mol. The number of aromatic amines is 1. The molecule has 31 heavy (non-hydrogen) atoms. The molecule has 0 unspecified atom stereocenters. The van der Waals surface area contributed by atoms with Crippen LogP contribution in [0.25, 0.3) is 0 Å². The third-order valence-electron chi connectivity index (χ3n) is 5.41. The molecule has 1 aromatic carbocycles. The van der Waals surface area contributed by atoms with Gasteiger partial charge in [-0.3, -0.25) is 9.89 Å². The maximum Gasteiger partial charge on any atom is 0.243 e. The van der Waals surface area contributed by atoms with Crippen LogP contribution in [0.5, 0.6) is 0 Å². The second-order valence-corrected chi connectivity index (χ2v) is 11.8. The van der Waals surface area contributed by atoms with Crippen molar-refractivity contribution in [1.82, 2.24) is 19.5 Å². The van der Waals surface area contributed by atoms with Crippen LogP contribution in [0, 0.1) is 0 Å². The number of H-pyrrole nitrogens is 1. The van der Waals surface area contributed by atoms with Crippen LogP contribution in [0.15, 0.2) is 34.3 Å². The largest absolute Gasteiger partial charge is 0.325 e. The number of amides is 1. The summed E-state index contributed by atoms with van der Waals surface area (Å²) in [6.45, 7) is 6.10. The molecule has 1 aromatic heterocycles. The summed E-state index contributed by atoms with van der Waals surface area (Å²) in [7, 11) is -1.88. The van der Waals surface area contributed by atoms with Crippen molar-refractivity contribution >= 4 is 33.4 Å². The summed E-state index contributed by atoms with van der Waals surface area (Å²) in [6, 6.07) is 6.39. The molecule has 1 aliphatic carbocycles. The first kappa shape index (κ1) is 23.7. The maximum atomic E-state index is 12.9. The monoisotopic (exact) mass is 465 g/mol. The number of hydrogen-bond acceptors (Lipinski definition) is 6. The van der Waals surface area contributed by atoms with Gasteiger partial charge in [-0.05, 0) is 37.1 Å². The van der Waals surface area contributed by atoms with Crippen molar-refractivity contribution in [3.8, 4) is 0 Å². The third kappa shape index (κ3) is 6.08. The average molecular weight is 466 g/mol. The summed E-state index contributed by atoms with van der Waals surface area (Å²) >= 11 is 1.24. The van der Waals surface area contributed by atoms with Crippen molar-refractivity contribution in [2.45, 2.75) is 74.4 Å². The molecule has 2 N–H and O–H groups in total. The van der Waals surface area contributed by atoms with Crippen LogP contribution in [0.3, 0.4) is 0 Å². The molecule has 0 radical (unpaired) electrons. The van der Waals surface area contributed by atoms with Gasteiger partial charge in [0.25, 0.3) is 0 Å². The van der Waals surface area contributed by atoms with E-state index in [2.05, 4.69) is 20.5 Å². The Bertz CT molecular complexity index is 991. The number of nitrogens with zero attached hydrogens (tertiary/aromatic N) is 3. The smallest absolute Gasteiger partial charge is 0.243 e. The molecule has 0 bridgehead atoms. The minimum atomic E-state index is -3.54. The van der Waals surface area contributed by atoms with Gasteiger partial charge in [0.1, 0.15) is 5.82 Å². The summed E-state index contributed by atoms with van der Waals surface area (Å²) in [5.74, 6) is 0.721. The van der Waals surface area contributed by atoms with Crippen LogP contribution in [-0.4, -0.2) is 52.7 Å². The summed E-state index contributed by atoms with van der Waals surface area (Å²) in [4.78, 5) is 16.9. The van der Waals surface area contributed by atoms with Gasteiger partial charge in [-0.15, -0.1) is 5.10 Å². The van der Waals surface area contributed by atoms with Gasteiger partial charge < -0.3 is 5.32 Å². The summed E-state index contributed by atoms with van der Waals surface area (Å²) in [5, 5.41) is 10.3. The van der Waals surface area contributed by atoms with Crippen molar-refractivity contribution < 1.29 is 13.2 Å². The quantitative estimate of drug-likeness (QED) is 0.603. The predicted octanol–water partition coefficient (Wildman–Crippen LogP) is 3.79. The number of carbonyl (C=O) groups excluding carboxylic acids is 1. The zero-order valence-electron chi connectivity index (χ0n) is 18.5. The topological polar surface area (TPSA) is 108 Å². The van der Waals surface area contributed by atoms with Crippen LogP contribution in [0.1, 0.15) is 58.7 Å². The van der Waals surface area contributed by atoms with E-state index < -0.39 is 10.0 Å². The van der Waals surface area contributed by atoms with E-state index in [1.807, 2.05) is 20.8 Å². The van der Waals surface area contributed by atoms with Gasteiger partial charge in [-0.25, -0.2) is 13.4 Å². The van der Waals surface area contributed by atoms with Gasteiger partial charge in [-0.1, -0.05) is 51.8 Å². The first-order chi connectivity index (χ1) is 14.6. The average Bonchev–Trinajstić information content (AvgIpc) is 3.22. The summed E-state index contributed by atoms with van der Waals surface area (Å²) < 4.78 is 27.3. The fourth-order valence-electron chi connectivity index (χ4n) is 3.49. The maximum absolute atomic E-state index is 12.9. The molecule has 170 valence electrons. The van der Waals surface area contributed by atoms with E-state index in [4.69, 9.17) is 0 Å². The van der Waals surface area contributed by atoms with Crippen LogP contribution >= 0.6 is 11.8 Å². The lowest BCUT2D eigenvalue weighted by molar-refractivity contribution is -0.113. The lowest BCUT2D eigenvalue weighted by atomic mass is 9.96. The van der Waals surface area contributed by atoms with Gasteiger partial charge in [0, 0.05) is 24.2 Å². The van der Waals surface area contributed by atoms with Crippen molar-refractivity contribution in [2.75, 3.05) is 18.1 Å². The van der Waals surface area contributed by atoms with Crippen LogP contribution in [0.4, 0.5) is 5.69 Å². The molecule has 3 rings (SSSR count). The zero-order valence-corrected chi connectivity index (χ0v) is 20.1. The van der Waals surface area contributed by atoms with Crippen molar-refractivity contribution in [3.05, 3.63) is 30.1 Å². The highest BCUT2D eigenvalue weighted by Gasteiger charge is 2.29. The van der Waals surface area contributed by atoms with E-state index in [1.165, 1.54) is 22.5 Å². The van der Waals surface area contributed by atoms with E-state index in [0.29, 0.717) is 10.8 Å². The Hall–Kier alpha value is -1.91. The van der Waals surface area contributed by atoms with Crippen molar-refractivity contribution in [2.24, 2.45) is 0 Å². The highest BCUT2D eigenvalue weighted by molar-refractivity contribution is 7.99. The summed E-state index contributed by atoms with van der Waals surface area (Å²) in [5.41, 5.74) is 0.413. The lowest BCUT2D eigenvalue weighted by Crippen LogP contribution is -2.38. The molecule has 1 aliphatic rings. The molecule has 0 spiro atoms. The molecular weight excluding hydrogens is 434 g/mol. The number of carbonyl (C=O) groups is 1. The Labute approximate surface area is 188 Å². The highest BCUT2D eigenvalue weighted by Crippen LogP contribution is 2.27. The number of sulfonamides is 1. The van der Waals surface area contributed by atoms with E-state index >= 15 is 0 Å². The normalized spacial score (nSPS) is 15.9. The number of nitrogens with one attached hydrogen (secondary N) is 2. The number of rotatable bonds is 7. The molecule has 10 heteroatoms. The Morgan fingerprint density at radius 1 is 1.19 bits per heavy atom. The molecule has 0 saturated heterocycles. The molecule has 1 saturated carbocycles. The molecule has 0 aliphatic heterocycles. The number of hydrogen-bond donors (Lipinski definition) is 2. The van der Waals surface area contributed by atoms with E-state index in [9.17, 15) is 13.2 Å². The fourth-order valence-corrected chi connectivity index (χ4v) is 5.51. The lowest BCUT2D eigenvalue weighted by Gasteiger charge is -2.30. The molecule has 2 aromatic rings. The molecule has 1 amide bonds. The zero-order chi connectivity index (χ0) is 22.6. The molecule has 8 nitrogen and oxygen atoms in total. The van der Waals surface area contributed by atoms with Crippen molar-refractivity contribution in [3.63, 3.8) is 0 Å². The van der Waals surface area contributed by atoms with E-state index in [-0.39, 0.29) is 28.0 Å². The number of benzene rings is 1. The second-order valence-electron chi connectivity index (χ2n) is 8.89. The van der Waals surface area contributed by atoms with Crippen LogP contribution < -0.4 is 5.32 Å². The minimum Gasteiger partial charge on any atom is -0.325 e. The van der Waals surface area contributed by atoms with Gasteiger partial charge in [0.05, 0.1) is 10.6 Å². The SMILES string of the molecule is CN(C1CCCCC1)S(=O)(=O)c1ccc(NC(=O)CSc2n[nH]c(C(C)(C)C)n2)cc1. The third-order valence-corrected chi connectivity index (χ3v) is 8.18. The minimum absolute atomic E-state index is 0.0598. The number of thioether (sulfide) groups is 1. The Morgan fingerprint density at radius 2 is 1.84 bits per heavy atom. The van der Waals surface area contributed by atoms with Crippen LogP contribution in [-0.2, 0) is 20.2 Å². The van der Waals surface area contributed by atoms with E-state index in [0.717, 1.165) is 31.5 Å². The van der Waals surface area contributed by atoms with Gasteiger partial charge in [0.2, 0.25) is 21.1 Å². The van der Waals surface area contributed by atoms with Crippen LogP contribution in [0.2, 0.25) is 0 Å². The van der Waals surface area contributed by atoms with Crippen molar-refractivity contribution in [1.29, 1.82) is 0 Å². The Kier molecular flexibility index (Phi) is 7.43. The first-order valence-electron chi connectivity index (χ1n) is 10.5. The fraction of sp³-hybridized carbons (Fsp3) is 0.571. The standard InChI is InChI=1S/C21H31N5O3S2/c1-21(2,3)19-23-20(25-24-19)30-14-18(27)22-15-10-12-17(13-11-15)31(28,29)26(4)16-8-6-5-7-9-16/h10-13,16H,5-9,14H2,1-4H3,(H,22,27)(H,23,24,25). The summed E-state index contributed by atoms with van der Waals surface area (Å²) in [6.07, 6.45) is 5.12. The highest BCUT2D eigenvalue weighted by atomic mass is 32.2. The van der Waals surface area contributed by atoms with E-state index in [1.54, 1.807) is 31.3 Å². The number of anilines is 1. The second kappa shape index (κ2) is 9.70. The van der Waals surface area contributed by atoms with Gasteiger partial charge in [-0.2, -0.15) is 4.31 Å².